The van der Waals surface area contributed by atoms with E-state index in [1.807, 2.05) is 5.32 Å². The molecule has 6 rings (SSSR count). The number of benzene rings is 3. The van der Waals surface area contributed by atoms with Crippen molar-refractivity contribution in [2.45, 2.75) is 36.2 Å². The average molecular weight is 1560 g/mol. The Morgan fingerprint density at radius 2 is 1.25 bits per heavy atom. The number of anilines is 2. The van der Waals surface area contributed by atoms with Crippen LogP contribution in [-0.4, -0.2) is 195 Å². The fourth-order valence-electron chi connectivity index (χ4n) is 6.42. The molecule has 0 saturated carbocycles. The summed E-state index contributed by atoms with van der Waals surface area (Å²) in [5.74, 6) is -8.64. The molecular formula is C53H57ClF7N12O25PS3. The molecule has 6 aromatic rings. The molecule has 3 aromatic carbocycles. The Morgan fingerprint density at radius 3 is 1.71 bits per heavy atom. The van der Waals surface area contributed by atoms with Gasteiger partial charge in [0.2, 0.25) is 35.4 Å². The second-order valence-electron chi connectivity index (χ2n) is 18.8. The number of rotatable bonds is 25. The van der Waals surface area contributed by atoms with E-state index in [-0.39, 0.29) is 46.4 Å². The zero-order valence-corrected chi connectivity index (χ0v) is 57.4. The van der Waals surface area contributed by atoms with Crippen LogP contribution in [0.1, 0.15) is 43.6 Å². The lowest BCUT2D eigenvalue weighted by atomic mass is 10.1. The average Bonchev–Trinajstić information content (AvgIpc) is 0.817. The maximum Gasteiger partial charge on any atom is 0.416 e. The molecule has 0 saturated heterocycles. The Kier molecular flexibility index (Phi) is 34.8. The third-order valence-electron chi connectivity index (χ3n) is 10.3. The number of carbonyl (C=O) groups is 7. The first-order chi connectivity index (χ1) is 47.3. The number of carboxylic acids is 2. The van der Waals surface area contributed by atoms with Crippen molar-refractivity contribution in [1.82, 2.24) is 44.6 Å². The molecule has 0 aliphatic carbocycles. The van der Waals surface area contributed by atoms with Crippen molar-refractivity contribution in [3.05, 3.63) is 129 Å². The molecule has 558 valence electrons. The Balaban J connectivity index is 0.000000474. The fraction of sp³-hybridized carbons (Fsp3) is 0.283. The minimum Gasteiger partial charge on any atom is -0.778 e. The molecule has 102 heavy (non-hydrogen) atoms. The second kappa shape index (κ2) is 40.6. The molecule has 0 radical (unpaired) electrons. The van der Waals surface area contributed by atoms with E-state index >= 15 is 0 Å². The number of aromatic nitrogens is 5. The number of aromatic carboxylic acids is 1. The molecule has 1 atom stereocenters. The van der Waals surface area contributed by atoms with E-state index < -0.39 is 163 Å². The van der Waals surface area contributed by atoms with Crippen molar-refractivity contribution in [3.8, 4) is 35.0 Å². The summed E-state index contributed by atoms with van der Waals surface area (Å²) in [7, 11) is -7.27. The first kappa shape index (κ1) is 87.5. The molecule has 3 heterocycles. The van der Waals surface area contributed by atoms with Crippen molar-refractivity contribution in [1.29, 1.82) is 0 Å². The van der Waals surface area contributed by atoms with Gasteiger partial charge in [-0.05, 0) is 66.3 Å². The number of nitro groups is 1. The first-order valence-electron chi connectivity index (χ1n) is 26.9. The summed E-state index contributed by atoms with van der Waals surface area (Å²) in [4.78, 5) is 127. The highest BCUT2D eigenvalue weighted by atomic mass is 35.5. The Bertz CT molecular complexity index is 4180. The Morgan fingerprint density at radius 1 is 0.735 bits per heavy atom. The standard InChI is InChI=1S/C18H13ClF3NO7.C15H18N6O6S.C14H10F4N4O7S.C3H8NO5P.C3H9S/c1-2-28-16(24)9-29-17(25)12-8-11(4-5-14(12)23(26)27)30-15-6-3-10(7-13(15)19)18(20,21)22;1-21(2)13(22)9-6-5-7-16-12(9)28(24,25)20-15(23)19-14-17-10(26-3)8-11(18-14)27-4;15-11(16)28-8-5-9(29-12(17)18)20-13(19-8)21-14(25)22-30(26,27)7-4-2-1-3-6(7)10(23)24;5-3(6)1-4-2-10(7,8)9;1-4(2)3/h3-8H,2,9H2,1H3;5-8H,1-4H3,(H2,17,18,19,20,23);1-5,11-12H,(H,23,24)(H2,19,20,21,22,25);4H,1-2H2,(H,5,6)(H2,7,8,9);1-3H3/q;;;;+1/p-1. The lowest BCUT2D eigenvalue weighted by molar-refractivity contribution is -0.385. The van der Waals surface area contributed by atoms with E-state index in [1.165, 1.54) is 81.4 Å². The van der Waals surface area contributed by atoms with E-state index in [4.69, 9.17) is 45.7 Å². The highest BCUT2D eigenvalue weighted by Crippen LogP contribution is 2.38. The molecule has 0 bridgehead atoms. The van der Waals surface area contributed by atoms with Gasteiger partial charge in [0.25, 0.3) is 31.6 Å². The summed E-state index contributed by atoms with van der Waals surface area (Å²) in [5.41, 5.74) is -2.99. The number of esters is 2. The third-order valence-corrected chi connectivity index (χ3v) is 13.9. The van der Waals surface area contributed by atoms with Crippen molar-refractivity contribution in [2.24, 2.45) is 0 Å². The lowest BCUT2D eigenvalue weighted by Crippen LogP contribution is -2.36. The Labute approximate surface area is 579 Å². The van der Waals surface area contributed by atoms with Crippen LogP contribution in [-0.2, 0) is 60.7 Å². The smallest absolute Gasteiger partial charge is 0.416 e. The normalized spacial score (nSPS) is 11.4. The number of pyridine rings is 1. The predicted octanol–water partition coefficient (Wildman–Crippen LogP) is 5.43. The van der Waals surface area contributed by atoms with Crippen LogP contribution in [0.4, 0.5) is 57.9 Å². The number of alkyl halides is 7. The number of methoxy groups -OCH3 is 2. The van der Waals surface area contributed by atoms with Gasteiger partial charge in [-0.15, -0.1) is 0 Å². The SMILES string of the molecule is CCOC(=O)COC(=O)c1cc(Oc2ccc(C(F)(F)F)cc2Cl)ccc1[N+](=O)[O-].COc1cc(OC)nc(NC(=O)NS(=O)(=O)c2ncccc2C(=O)N(C)C)n1.C[S+](C)C.O=C(Nc1nc(OC(F)F)cc(OC(F)F)n1)NS(=O)(=O)c1ccccc1C(=O)O.O=C(O)CNCP(=O)([O-])O. The molecule has 0 aliphatic heterocycles. The molecule has 0 fully saturated rings. The number of nitro benzene ring substituents is 1. The van der Waals surface area contributed by atoms with Crippen LogP contribution in [0, 0.1) is 10.1 Å². The predicted molar refractivity (Wildman–Crippen MR) is 337 cm³/mol. The number of hydrogen-bond donors (Lipinski definition) is 8. The summed E-state index contributed by atoms with van der Waals surface area (Å²) in [5, 5.41) is 33.1. The van der Waals surface area contributed by atoms with Gasteiger partial charge < -0.3 is 62.6 Å². The molecule has 8 N–H and O–H groups in total. The first-order valence-corrected chi connectivity index (χ1v) is 34.4. The van der Waals surface area contributed by atoms with Gasteiger partial charge in [0.05, 0.1) is 91.2 Å². The number of aliphatic carboxylic acids is 1. The van der Waals surface area contributed by atoms with E-state index in [0.717, 1.165) is 42.5 Å². The number of halogens is 8. The molecule has 0 aliphatic rings. The van der Waals surface area contributed by atoms with E-state index in [9.17, 15) is 101 Å². The van der Waals surface area contributed by atoms with Gasteiger partial charge in [-0.3, -0.25) is 35.7 Å². The number of carbonyl (C=O) groups excluding carboxylic acids is 5. The van der Waals surface area contributed by atoms with Crippen molar-refractivity contribution in [2.75, 3.05) is 83.8 Å². The number of ether oxygens (including phenoxy) is 7. The van der Waals surface area contributed by atoms with Crippen LogP contribution in [0.2, 0.25) is 5.02 Å². The topological polar surface area (TPSA) is 524 Å². The van der Waals surface area contributed by atoms with Gasteiger partial charge in [-0.25, -0.2) is 46.8 Å². The minimum absolute atomic E-state index is 0.0493. The van der Waals surface area contributed by atoms with Gasteiger partial charge in [-0.1, -0.05) is 23.7 Å². The summed E-state index contributed by atoms with van der Waals surface area (Å²) in [6.45, 7) is -6.47. The van der Waals surface area contributed by atoms with Crippen molar-refractivity contribution >= 4 is 110 Å². The molecule has 1 unspecified atom stereocenters. The van der Waals surface area contributed by atoms with Gasteiger partial charge >= 0.3 is 55.3 Å². The zero-order valence-electron chi connectivity index (χ0n) is 53.3. The van der Waals surface area contributed by atoms with Crippen LogP contribution in [0.25, 0.3) is 0 Å². The van der Waals surface area contributed by atoms with Crippen LogP contribution >= 0.6 is 19.2 Å². The number of nitrogens with one attached hydrogen (secondary N) is 5. The van der Waals surface area contributed by atoms with Gasteiger partial charge in [-0.2, -0.15) is 59.1 Å². The van der Waals surface area contributed by atoms with E-state index in [2.05, 4.69) is 63.2 Å². The molecule has 37 nitrogen and oxygen atoms in total. The van der Waals surface area contributed by atoms with E-state index in [1.54, 1.807) is 10.0 Å². The molecule has 3 aromatic heterocycles. The summed E-state index contributed by atoms with van der Waals surface area (Å²) in [6, 6.07) is 11.5. The van der Waals surface area contributed by atoms with Crippen molar-refractivity contribution in [3.63, 3.8) is 0 Å². The van der Waals surface area contributed by atoms with Gasteiger partial charge in [0.15, 0.2) is 11.6 Å². The van der Waals surface area contributed by atoms with Crippen molar-refractivity contribution < 1.29 is 144 Å². The maximum absolute atomic E-state index is 12.7. The monoisotopic (exact) mass is 1560 g/mol. The fourth-order valence-corrected chi connectivity index (χ4v) is 9.17. The van der Waals surface area contributed by atoms with Crippen LogP contribution in [0.3, 0.4) is 0 Å². The van der Waals surface area contributed by atoms with Gasteiger partial charge in [0, 0.05) is 32.4 Å². The number of hydrogen-bond acceptors (Lipinski definition) is 28. The van der Waals surface area contributed by atoms with Crippen LogP contribution < -0.4 is 54.0 Å². The molecule has 5 amide bonds. The number of sulfonamides is 2. The quantitative estimate of drug-likeness (QED) is 0.00884. The zero-order chi connectivity index (χ0) is 77.6. The third kappa shape index (κ3) is 31.7. The number of urea groups is 2. The minimum atomic E-state index is -4.71. The molecule has 0 spiro atoms. The molecular weight excluding hydrogens is 1500 g/mol. The number of carboxylic acid groups (broad SMARTS) is 2. The summed E-state index contributed by atoms with van der Waals surface area (Å²) in [6.07, 6.45) is 2.46. The Hall–Kier alpha value is -10.6. The molecule has 49 heteroatoms. The van der Waals surface area contributed by atoms with Crippen LogP contribution in [0.5, 0.6) is 35.0 Å². The van der Waals surface area contributed by atoms with Crippen LogP contribution in [0.15, 0.2) is 101 Å². The highest BCUT2D eigenvalue weighted by Gasteiger charge is 2.32. The second-order valence-corrected chi connectivity index (χ2v) is 26.5. The summed E-state index contributed by atoms with van der Waals surface area (Å²) >= 11 is 5.81. The summed E-state index contributed by atoms with van der Waals surface area (Å²) < 4.78 is 182. The lowest BCUT2D eigenvalue weighted by Gasteiger charge is -2.14. The number of amides is 5. The maximum atomic E-state index is 12.7. The largest absolute Gasteiger partial charge is 0.778 e. The van der Waals surface area contributed by atoms with E-state index in [0.29, 0.717) is 23.0 Å². The number of nitrogens with zero attached hydrogens (tertiary/aromatic N) is 7. The van der Waals surface area contributed by atoms with Gasteiger partial charge in [0.1, 0.15) is 29.6 Å². The highest BCUT2D eigenvalue weighted by molar-refractivity contribution is 7.94.